The highest BCUT2D eigenvalue weighted by atomic mass is 35.5. The van der Waals surface area contributed by atoms with Gasteiger partial charge in [0.2, 0.25) is 0 Å². The van der Waals surface area contributed by atoms with Gasteiger partial charge in [-0.3, -0.25) is 9.59 Å². The van der Waals surface area contributed by atoms with E-state index >= 15 is 0 Å². The van der Waals surface area contributed by atoms with E-state index in [1.54, 1.807) is 18.2 Å². The first kappa shape index (κ1) is 21.6. The average molecular weight is 451 g/mol. The topological polar surface area (TPSA) is 58.6 Å². The van der Waals surface area contributed by atoms with Gasteiger partial charge in [-0.1, -0.05) is 47.5 Å². The Balaban J connectivity index is 1.86. The van der Waals surface area contributed by atoms with Crippen molar-refractivity contribution < 1.29 is 18.7 Å². The molecule has 0 saturated heterocycles. The number of methoxy groups -OCH3 is 1. The zero-order chi connectivity index (χ0) is 23.0. The molecular formula is C25H20ClFN2O3. The highest BCUT2D eigenvalue weighted by molar-refractivity contribution is 6.46. The van der Waals surface area contributed by atoms with E-state index < -0.39 is 17.6 Å². The molecule has 5 nitrogen and oxygen atoms in total. The molecule has 0 aromatic heterocycles. The van der Waals surface area contributed by atoms with Crippen LogP contribution in [-0.4, -0.2) is 18.9 Å². The lowest BCUT2D eigenvalue weighted by molar-refractivity contribution is -0.120. The largest absolute Gasteiger partial charge is 0.495 e. The van der Waals surface area contributed by atoms with Crippen molar-refractivity contribution in [3.8, 4) is 5.75 Å². The van der Waals surface area contributed by atoms with Crippen molar-refractivity contribution in [1.82, 2.24) is 0 Å². The second-order valence-corrected chi connectivity index (χ2v) is 7.90. The van der Waals surface area contributed by atoms with Crippen LogP contribution in [0, 0.1) is 19.7 Å². The number of amides is 2. The number of rotatable bonds is 5. The molecule has 0 radical (unpaired) electrons. The summed E-state index contributed by atoms with van der Waals surface area (Å²) in [5.74, 6) is -1.22. The standard InChI is InChI=1S/C25H20ClFN2O3/c1-14-4-7-16(8-5-14)22-23(28-20-12-15(2)6-11-21(20)32-3)25(31)29(24(22)30)17-9-10-19(27)18(26)13-17/h4-13,28H,1-3H3. The van der Waals surface area contributed by atoms with Gasteiger partial charge in [0.05, 0.1) is 29.1 Å². The third-order valence-electron chi connectivity index (χ3n) is 5.20. The molecule has 3 aromatic rings. The maximum atomic E-state index is 13.7. The summed E-state index contributed by atoms with van der Waals surface area (Å²) >= 11 is 5.91. The van der Waals surface area contributed by atoms with Crippen LogP contribution in [0.3, 0.4) is 0 Å². The SMILES string of the molecule is COc1ccc(C)cc1NC1=C(c2ccc(C)cc2)C(=O)N(c2ccc(F)c(Cl)c2)C1=O. The van der Waals surface area contributed by atoms with Crippen LogP contribution in [0.15, 0.2) is 66.4 Å². The van der Waals surface area contributed by atoms with E-state index in [1.165, 1.54) is 19.2 Å². The van der Waals surface area contributed by atoms with Crippen molar-refractivity contribution in [2.24, 2.45) is 0 Å². The number of hydrogen-bond acceptors (Lipinski definition) is 4. The van der Waals surface area contributed by atoms with Gasteiger partial charge in [0, 0.05) is 0 Å². The molecule has 1 aliphatic rings. The quantitative estimate of drug-likeness (QED) is 0.521. The number of anilines is 2. The number of aryl methyl sites for hydroxylation is 2. The summed E-state index contributed by atoms with van der Waals surface area (Å²) in [6.07, 6.45) is 0. The Morgan fingerprint density at radius 3 is 2.25 bits per heavy atom. The molecular weight excluding hydrogens is 431 g/mol. The van der Waals surface area contributed by atoms with E-state index in [4.69, 9.17) is 16.3 Å². The monoisotopic (exact) mass is 450 g/mol. The fourth-order valence-corrected chi connectivity index (χ4v) is 3.72. The molecule has 2 amide bonds. The van der Waals surface area contributed by atoms with Crippen LogP contribution in [0.4, 0.5) is 15.8 Å². The van der Waals surface area contributed by atoms with Crippen LogP contribution in [-0.2, 0) is 9.59 Å². The molecule has 4 rings (SSSR count). The molecule has 0 atom stereocenters. The van der Waals surface area contributed by atoms with Gasteiger partial charge in [-0.25, -0.2) is 9.29 Å². The van der Waals surface area contributed by atoms with Crippen LogP contribution in [0.1, 0.15) is 16.7 Å². The first-order valence-corrected chi connectivity index (χ1v) is 10.2. The van der Waals surface area contributed by atoms with Gasteiger partial charge < -0.3 is 10.1 Å². The van der Waals surface area contributed by atoms with Gasteiger partial charge in [0.25, 0.3) is 11.8 Å². The lowest BCUT2D eigenvalue weighted by Gasteiger charge is -2.16. The first-order valence-electron chi connectivity index (χ1n) is 9.87. The number of carbonyl (C=O) groups is 2. The summed E-state index contributed by atoms with van der Waals surface area (Å²) in [5, 5.41) is 2.93. The second-order valence-electron chi connectivity index (χ2n) is 7.49. The maximum absolute atomic E-state index is 13.7. The van der Waals surface area contributed by atoms with Gasteiger partial charge >= 0.3 is 0 Å². The Kier molecular flexibility index (Phi) is 5.72. The van der Waals surface area contributed by atoms with Gasteiger partial charge in [-0.15, -0.1) is 0 Å². The Hall–Kier alpha value is -3.64. The van der Waals surface area contributed by atoms with E-state index in [0.717, 1.165) is 22.1 Å². The van der Waals surface area contributed by atoms with Gasteiger partial charge in [0.15, 0.2) is 0 Å². The zero-order valence-corrected chi connectivity index (χ0v) is 18.5. The molecule has 7 heteroatoms. The van der Waals surface area contributed by atoms with Crippen molar-refractivity contribution in [3.05, 3.63) is 93.9 Å². The normalized spacial score (nSPS) is 13.7. The van der Waals surface area contributed by atoms with Crippen LogP contribution in [0.5, 0.6) is 5.75 Å². The number of benzene rings is 3. The molecule has 0 fully saturated rings. The average Bonchev–Trinajstić information content (AvgIpc) is 3.00. The third-order valence-corrected chi connectivity index (χ3v) is 5.49. The number of nitrogens with zero attached hydrogens (tertiary/aromatic N) is 1. The number of ether oxygens (including phenoxy) is 1. The predicted octanol–water partition coefficient (Wildman–Crippen LogP) is 5.50. The first-order chi connectivity index (χ1) is 15.3. The molecule has 1 heterocycles. The second kappa shape index (κ2) is 8.48. The summed E-state index contributed by atoms with van der Waals surface area (Å²) < 4.78 is 19.1. The van der Waals surface area contributed by atoms with E-state index in [0.29, 0.717) is 17.0 Å². The molecule has 32 heavy (non-hydrogen) atoms. The number of halogens is 2. The molecule has 0 bridgehead atoms. The lowest BCUT2D eigenvalue weighted by atomic mass is 10.0. The number of nitrogens with one attached hydrogen (secondary N) is 1. The highest BCUT2D eigenvalue weighted by Gasteiger charge is 2.40. The van der Waals surface area contributed by atoms with Crippen LogP contribution >= 0.6 is 11.6 Å². The summed E-state index contributed by atoms with van der Waals surface area (Å²) in [7, 11) is 1.53. The number of carbonyl (C=O) groups excluding carboxylic acids is 2. The highest BCUT2D eigenvalue weighted by Crippen LogP contribution is 2.37. The molecule has 0 aliphatic carbocycles. The minimum Gasteiger partial charge on any atom is -0.495 e. The van der Waals surface area contributed by atoms with E-state index in [1.807, 2.05) is 38.1 Å². The third kappa shape index (κ3) is 3.85. The zero-order valence-electron chi connectivity index (χ0n) is 17.7. The predicted molar refractivity (Wildman–Crippen MR) is 123 cm³/mol. The fraction of sp³-hybridized carbons (Fsp3) is 0.120. The van der Waals surface area contributed by atoms with Crippen molar-refractivity contribution in [2.75, 3.05) is 17.3 Å². The van der Waals surface area contributed by atoms with Crippen molar-refractivity contribution in [3.63, 3.8) is 0 Å². The Morgan fingerprint density at radius 2 is 1.59 bits per heavy atom. The minimum atomic E-state index is -0.635. The number of imide groups is 1. The molecule has 1 aliphatic heterocycles. The molecule has 3 aromatic carbocycles. The van der Waals surface area contributed by atoms with Crippen molar-refractivity contribution >= 4 is 40.4 Å². The van der Waals surface area contributed by atoms with Gasteiger partial charge in [-0.2, -0.15) is 0 Å². The summed E-state index contributed by atoms with van der Waals surface area (Å²) in [4.78, 5) is 27.9. The van der Waals surface area contributed by atoms with Crippen LogP contribution < -0.4 is 15.0 Å². The van der Waals surface area contributed by atoms with E-state index in [2.05, 4.69) is 5.32 Å². The molecule has 1 N–H and O–H groups in total. The fourth-order valence-electron chi connectivity index (χ4n) is 3.55. The molecule has 0 spiro atoms. The summed E-state index contributed by atoms with van der Waals surface area (Å²) in [6, 6.07) is 16.5. The maximum Gasteiger partial charge on any atom is 0.282 e. The molecule has 162 valence electrons. The Morgan fingerprint density at radius 1 is 0.906 bits per heavy atom. The minimum absolute atomic E-state index is 0.100. The van der Waals surface area contributed by atoms with Crippen LogP contribution in [0.2, 0.25) is 5.02 Å². The van der Waals surface area contributed by atoms with Crippen molar-refractivity contribution in [1.29, 1.82) is 0 Å². The van der Waals surface area contributed by atoms with Crippen LogP contribution in [0.25, 0.3) is 5.57 Å². The van der Waals surface area contributed by atoms with Gasteiger partial charge in [0.1, 0.15) is 17.3 Å². The Bertz CT molecular complexity index is 1270. The van der Waals surface area contributed by atoms with Crippen molar-refractivity contribution in [2.45, 2.75) is 13.8 Å². The molecule has 0 saturated carbocycles. The number of hydrogen-bond donors (Lipinski definition) is 1. The summed E-state index contributed by atoms with van der Waals surface area (Å²) in [5.41, 5.74) is 3.59. The van der Waals surface area contributed by atoms with E-state index in [9.17, 15) is 14.0 Å². The smallest absolute Gasteiger partial charge is 0.282 e. The van der Waals surface area contributed by atoms with E-state index in [-0.39, 0.29) is 22.0 Å². The molecule has 0 unspecified atom stereocenters. The summed E-state index contributed by atoms with van der Waals surface area (Å²) in [6.45, 7) is 3.84. The lowest BCUT2D eigenvalue weighted by Crippen LogP contribution is -2.32. The van der Waals surface area contributed by atoms with Gasteiger partial charge in [-0.05, 0) is 55.3 Å². The Labute approximate surface area is 190 Å².